The summed E-state index contributed by atoms with van der Waals surface area (Å²) < 4.78 is 0. The Kier molecular flexibility index (Phi) is 3.40. The lowest BCUT2D eigenvalue weighted by atomic mass is 10.1. The van der Waals surface area contributed by atoms with E-state index in [1.807, 2.05) is 0 Å². The van der Waals surface area contributed by atoms with Gasteiger partial charge in [0.1, 0.15) is 5.82 Å². The zero-order chi connectivity index (χ0) is 7.56. The van der Waals surface area contributed by atoms with Crippen LogP contribution in [0.4, 0.5) is 0 Å². The molecule has 1 rings (SSSR count). The summed E-state index contributed by atoms with van der Waals surface area (Å²) in [6.07, 6.45) is 6.04. The predicted octanol–water partition coefficient (Wildman–Crippen LogP) is -3.07. The van der Waals surface area contributed by atoms with Gasteiger partial charge in [0.15, 0.2) is 5.78 Å². The average molecular weight is 173 g/mol. The second kappa shape index (κ2) is 3.83. The van der Waals surface area contributed by atoms with Crippen molar-refractivity contribution in [2.45, 2.75) is 0 Å². The number of rotatable bonds is 0. The molecular formula is C7H9ClN2O. The zero-order valence-corrected chi connectivity index (χ0v) is 6.51. The van der Waals surface area contributed by atoms with Crippen LogP contribution in [-0.4, -0.2) is 5.78 Å². The molecule has 0 aromatic rings. The van der Waals surface area contributed by atoms with Crippen LogP contribution in [0.2, 0.25) is 0 Å². The normalized spacial score (nSPS) is 14.5. The molecule has 1 aliphatic carbocycles. The first kappa shape index (κ1) is 9.78. The van der Waals surface area contributed by atoms with Crippen LogP contribution in [0.15, 0.2) is 35.7 Å². The van der Waals surface area contributed by atoms with Crippen molar-refractivity contribution in [1.82, 2.24) is 0 Å². The van der Waals surface area contributed by atoms with Crippen molar-refractivity contribution in [3.8, 4) is 0 Å². The molecule has 1 aliphatic rings. The number of halogens is 1. The Hall–Kier alpha value is -1.22. The smallest absolute Gasteiger partial charge is 1.00 e. The van der Waals surface area contributed by atoms with E-state index in [1.165, 1.54) is 12.2 Å². The number of carbonyl (C=O) groups excluding carboxylic acids is 1. The Balaban J connectivity index is 0. The first-order chi connectivity index (χ1) is 4.70. The van der Waals surface area contributed by atoms with E-state index in [0.29, 0.717) is 5.57 Å². The van der Waals surface area contributed by atoms with Gasteiger partial charge >= 0.3 is 1.43 Å². The summed E-state index contributed by atoms with van der Waals surface area (Å²) in [4.78, 5) is 10.6. The van der Waals surface area contributed by atoms with E-state index in [9.17, 15) is 4.79 Å². The minimum atomic E-state index is -0.0370. The van der Waals surface area contributed by atoms with Gasteiger partial charge in [-0.2, -0.15) is 0 Å². The third-order valence-corrected chi connectivity index (χ3v) is 1.19. The van der Waals surface area contributed by atoms with Gasteiger partial charge in [-0.15, -0.1) is 0 Å². The molecule has 0 unspecified atom stereocenters. The third-order valence-electron chi connectivity index (χ3n) is 1.19. The van der Waals surface area contributed by atoms with Crippen LogP contribution in [0.1, 0.15) is 1.43 Å². The maximum atomic E-state index is 10.6. The Morgan fingerprint density at radius 2 is 1.64 bits per heavy atom. The number of allylic oxidation sites excluding steroid dienone is 5. The van der Waals surface area contributed by atoms with Crippen LogP contribution in [0.25, 0.3) is 0 Å². The molecule has 3 nitrogen and oxygen atoms in total. The second-order valence-corrected chi connectivity index (χ2v) is 1.98. The number of hydrogen-bond donors (Lipinski definition) is 2. The lowest BCUT2D eigenvalue weighted by Gasteiger charge is -1.99. The molecule has 0 aromatic heterocycles. The van der Waals surface area contributed by atoms with E-state index in [4.69, 9.17) is 11.5 Å². The molecule has 0 amide bonds. The lowest BCUT2D eigenvalue weighted by Crippen LogP contribution is -3.00. The molecule has 0 aliphatic heterocycles. The molecule has 0 spiro atoms. The van der Waals surface area contributed by atoms with Crippen molar-refractivity contribution >= 4 is 5.78 Å². The highest BCUT2D eigenvalue weighted by Crippen LogP contribution is 2.05. The molecular weight excluding hydrogens is 164 g/mol. The molecule has 0 atom stereocenters. The highest BCUT2D eigenvalue weighted by molar-refractivity contribution is 6.01. The van der Waals surface area contributed by atoms with E-state index in [2.05, 4.69) is 0 Å². The summed E-state index contributed by atoms with van der Waals surface area (Å²) in [5.74, 6) is 0.199. The highest BCUT2D eigenvalue weighted by atomic mass is 35.5. The van der Waals surface area contributed by atoms with Crippen LogP contribution >= 0.6 is 0 Å². The molecule has 0 radical (unpaired) electrons. The molecule has 0 aromatic carbocycles. The van der Waals surface area contributed by atoms with Crippen LogP contribution in [-0.2, 0) is 4.79 Å². The second-order valence-electron chi connectivity index (χ2n) is 1.98. The monoisotopic (exact) mass is 172 g/mol. The van der Waals surface area contributed by atoms with Gasteiger partial charge in [0.2, 0.25) is 0 Å². The minimum Gasteiger partial charge on any atom is -1.00 e. The molecule has 0 saturated heterocycles. The fourth-order valence-electron chi connectivity index (χ4n) is 0.647. The summed E-state index contributed by atoms with van der Waals surface area (Å²) in [5, 5.41) is 0. The van der Waals surface area contributed by atoms with Gasteiger partial charge in [-0.05, 0) is 24.3 Å². The summed E-state index contributed by atoms with van der Waals surface area (Å²) >= 11 is 0. The Morgan fingerprint density at radius 3 is 2.00 bits per heavy atom. The maximum absolute atomic E-state index is 10.6. The van der Waals surface area contributed by atoms with E-state index in [1.54, 1.807) is 12.2 Å². The van der Waals surface area contributed by atoms with E-state index in [0.717, 1.165) is 0 Å². The molecule has 60 valence electrons. The Labute approximate surface area is 72.3 Å². The van der Waals surface area contributed by atoms with Crippen LogP contribution in [0.5, 0.6) is 0 Å². The average Bonchev–Trinajstić information content (AvgIpc) is 1.88. The molecule has 4 heteroatoms. The molecule has 0 bridgehead atoms. The van der Waals surface area contributed by atoms with E-state index < -0.39 is 0 Å². The fraction of sp³-hybridized carbons (Fsp3) is 0. The highest BCUT2D eigenvalue weighted by Gasteiger charge is 1.99. The largest absolute Gasteiger partial charge is 1.00 e. The van der Waals surface area contributed by atoms with Crippen LogP contribution in [0, 0.1) is 0 Å². The van der Waals surface area contributed by atoms with Crippen LogP contribution < -0.4 is 23.9 Å². The van der Waals surface area contributed by atoms with Gasteiger partial charge in [-0.3, -0.25) is 4.79 Å². The van der Waals surface area contributed by atoms with Crippen LogP contribution in [0.3, 0.4) is 0 Å². The van der Waals surface area contributed by atoms with Crippen molar-refractivity contribution in [3.63, 3.8) is 0 Å². The standard InChI is InChI=1S/C7H8N2O.ClH/c8-7(9)5-1-3-6(10)4-2-5;/h1-4H,8-9H2;1H. The van der Waals surface area contributed by atoms with E-state index >= 15 is 0 Å². The van der Waals surface area contributed by atoms with Gasteiger partial charge in [0.05, 0.1) is 0 Å². The lowest BCUT2D eigenvalue weighted by molar-refractivity contribution is -0.110. The van der Waals surface area contributed by atoms with Crippen molar-refractivity contribution in [3.05, 3.63) is 35.7 Å². The summed E-state index contributed by atoms with van der Waals surface area (Å²) in [5.41, 5.74) is 11.2. The van der Waals surface area contributed by atoms with E-state index in [-0.39, 0.29) is 25.4 Å². The van der Waals surface area contributed by atoms with Gasteiger partial charge in [0, 0.05) is 5.57 Å². The zero-order valence-electron chi connectivity index (χ0n) is 6.75. The summed E-state index contributed by atoms with van der Waals surface area (Å²) in [7, 11) is 0. The van der Waals surface area contributed by atoms with Crippen molar-refractivity contribution in [2.24, 2.45) is 11.5 Å². The molecule has 11 heavy (non-hydrogen) atoms. The third kappa shape index (κ3) is 2.47. The summed E-state index contributed by atoms with van der Waals surface area (Å²) in [6, 6.07) is 0. The first-order valence-electron chi connectivity index (χ1n) is 2.85. The molecule has 4 N–H and O–H groups in total. The first-order valence-corrected chi connectivity index (χ1v) is 2.85. The Morgan fingerprint density at radius 1 is 1.18 bits per heavy atom. The SMILES string of the molecule is NC(N)=C1C=CC(=O)C=C1.[Cl-].[H+]. The molecule has 0 heterocycles. The van der Waals surface area contributed by atoms with Gasteiger partial charge < -0.3 is 23.9 Å². The number of hydrogen-bond acceptors (Lipinski definition) is 3. The molecule has 0 saturated carbocycles. The Bertz CT molecular complexity index is 236. The van der Waals surface area contributed by atoms with Gasteiger partial charge in [-0.1, -0.05) is 0 Å². The van der Waals surface area contributed by atoms with Crippen molar-refractivity contribution in [1.29, 1.82) is 0 Å². The van der Waals surface area contributed by atoms with Gasteiger partial charge in [-0.25, -0.2) is 0 Å². The maximum Gasteiger partial charge on any atom is 1.00 e. The summed E-state index contributed by atoms with van der Waals surface area (Å²) in [6.45, 7) is 0. The molecule has 0 fully saturated rings. The number of carbonyl (C=O) groups is 1. The number of nitrogens with two attached hydrogens (primary N) is 2. The predicted molar refractivity (Wildman–Crippen MR) is 39.8 cm³/mol. The van der Waals surface area contributed by atoms with Crippen molar-refractivity contribution in [2.75, 3.05) is 0 Å². The minimum absolute atomic E-state index is 0. The van der Waals surface area contributed by atoms with Crippen molar-refractivity contribution < 1.29 is 18.6 Å². The van der Waals surface area contributed by atoms with Gasteiger partial charge in [0.25, 0.3) is 0 Å². The fourth-order valence-corrected chi connectivity index (χ4v) is 0.647. The topological polar surface area (TPSA) is 69.1 Å². The number of ketones is 1. The quantitative estimate of drug-likeness (QED) is 0.408.